The van der Waals surface area contributed by atoms with Crippen molar-refractivity contribution in [1.29, 1.82) is 0 Å². The van der Waals surface area contributed by atoms with E-state index in [1.807, 2.05) is 18.2 Å². The first kappa shape index (κ1) is 17.6. The highest BCUT2D eigenvalue weighted by Crippen LogP contribution is 2.08. The molecule has 0 radical (unpaired) electrons. The van der Waals surface area contributed by atoms with Gasteiger partial charge in [-0.1, -0.05) is 30.3 Å². The van der Waals surface area contributed by atoms with E-state index < -0.39 is 6.10 Å². The number of amides is 1. The highest BCUT2D eigenvalue weighted by atomic mass is 35.5. The van der Waals surface area contributed by atoms with Gasteiger partial charge in [0.1, 0.15) is 0 Å². The van der Waals surface area contributed by atoms with E-state index in [0.29, 0.717) is 25.2 Å². The van der Waals surface area contributed by atoms with Crippen LogP contribution < -0.4 is 10.6 Å². The Hall–Kier alpha value is -1.43. The molecule has 0 bridgehead atoms. The van der Waals surface area contributed by atoms with Crippen LogP contribution in [-0.4, -0.2) is 42.5 Å². The maximum Gasteiger partial charge on any atom is 0.220 e. The summed E-state index contributed by atoms with van der Waals surface area (Å²) in [6.45, 7) is 1.74. The fraction of sp³-hybridized carbons (Fsp3) is 0.467. The van der Waals surface area contributed by atoms with Crippen molar-refractivity contribution >= 4 is 24.1 Å². The zero-order valence-corrected chi connectivity index (χ0v) is 12.6. The lowest BCUT2D eigenvalue weighted by molar-refractivity contribution is -0.121. The van der Waals surface area contributed by atoms with E-state index in [0.717, 1.165) is 0 Å². The lowest BCUT2D eigenvalue weighted by Crippen LogP contribution is -2.34. The smallest absolute Gasteiger partial charge is 0.220 e. The molecule has 6 heteroatoms. The number of aliphatic hydroxyl groups is 1. The zero-order chi connectivity index (χ0) is 14.4. The number of nitrogens with one attached hydrogen (secondary N) is 2. The number of benzene rings is 1. The molecule has 2 rings (SSSR count). The lowest BCUT2D eigenvalue weighted by atomic mass is 10.1. The van der Waals surface area contributed by atoms with Crippen molar-refractivity contribution in [2.45, 2.75) is 18.9 Å². The van der Waals surface area contributed by atoms with E-state index in [1.54, 1.807) is 12.1 Å². The number of ketones is 1. The number of hydrogen-bond acceptors (Lipinski definition) is 4. The molecule has 0 aliphatic carbocycles. The average Bonchev–Trinajstić information content (AvgIpc) is 2.89. The second-order valence-electron chi connectivity index (χ2n) is 5.08. The number of aliphatic hydroxyl groups excluding tert-OH is 1. The van der Waals surface area contributed by atoms with E-state index in [-0.39, 0.29) is 42.9 Å². The molecular weight excluding hydrogens is 292 g/mol. The molecule has 0 saturated carbocycles. The Kier molecular flexibility index (Phi) is 7.36. The molecule has 1 amide bonds. The predicted octanol–water partition coefficient (Wildman–Crippen LogP) is 0.768. The van der Waals surface area contributed by atoms with E-state index >= 15 is 0 Å². The van der Waals surface area contributed by atoms with Gasteiger partial charge in [0, 0.05) is 44.0 Å². The minimum Gasteiger partial charge on any atom is -0.391 e. The third kappa shape index (κ3) is 5.46. The Labute approximate surface area is 130 Å². The van der Waals surface area contributed by atoms with Crippen LogP contribution >= 0.6 is 12.4 Å². The molecule has 5 nitrogen and oxygen atoms in total. The van der Waals surface area contributed by atoms with E-state index in [2.05, 4.69) is 10.6 Å². The number of Topliss-reactive ketones (excluding diaryl/α,β-unsaturated/α-hetero) is 1. The highest BCUT2D eigenvalue weighted by Gasteiger charge is 2.24. The van der Waals surface area contributed by atoms with Gasteiger partial charge in [-0.2, -0.15) is 0 Å². The number of halogens is 1. The van der Waals surface area contributed by atoms with Gasteiger partial charge >= 0.3 is 0 Å². The fourth-order valence-corrected chi connectivity index (χ4v) is 2.26. The maximum absolute atomic E-state index is 11.8. The van der Waals surface area contributed by atoms with Gasteiger partial charge in [-0.05, 0) is 0 Å². The average molecular weight is 313 g/mol. The van der Waals surface area contributed by atoms with Crippen LogP contribution in [0.4, 0.5) is 0 Å². The van der Waals surface area contributed by atoms with Gasteiger partial charge in [0.15, 0.2) is 5.78 Å². The largest absolute Gasteiger partial charge is 0.391 e. The van der Waals surface area contributed by atoms with Gasteiger partial charge in [0.05, 0.1) is 6.10 Å². The molecule has 1 fully saturated rings. The molecule has 0 aromatic heterocycles. The SMILES string of the molecule is Cl.O=C(CCC(=O)c1ccccc1)NCC1CNCC1O. The lowest BCUT2D eigenvalue weighted by Gasteiger charge is -2.13. The third-order valence-electron chi connectivity index (χ3n) is 3.54. The molecule has 21 heavy (non-hydrogen) atoms. The first-order valence-corrected chi connectivity index (χ1v) is 6.90. The number of β-amino-alcohol motifs (C(OH)–C–C–N with tert-alkyl or cyclic N) is 1. The number of rotatable bonds is 6. The first-order valence-electron chi connectivity index (χ1n) is 6.90. The van der Waals surface area contributed by atoms with Crippen LogP contribution in [0.2, 0.25) is 0 Å². The molecule has 3 N–H and O–H groups in total. The Balaban J connectivity index is 0.00000220. The summed E-state index contributed by atoms with van der Waals surface area (Å²) in [5, 5.41) is 15.4. The molecule has 1 aromatic carbocycles. The molecule has 2 atom stereocenters. The molecule has 0 spiro atoms. The molecular formula is C15H21ClN2O3. The van der Waals surface area contributed by atoms with E-state index in [1.165, 1.54) is 0 Å². The second kappa shape index (κ2) is 8.77. The minimum atomic E-state index is -0.402. The number of carbonyl (C=O) groups excluding carboxylic acids is 2. The normalized spacial score (nSPS) is 20.6. The molecule has 116 valence electrons. The summed E-state index contributed by atoms with van der Waals surface area (Å²) < 4.78 is 0. The Morgan fingerprint density at radius 2 is 1.90 bits per heavy atom. The van der Waals surface area contributed by atoms with Gasteiger partial charge in [0.25, 0.3) is 0 Å². The van der Waals surface area contributed by atoms with Crippen LogP contribution in [0.1, 0.15) is 23.2 Å². The van der Waals surface area contributed by atoms with Gasteiger partial charge in [-0.25, -0.2) is 0 Å². The maximum atomic E-state index is 11.8. The summed E-state index contributed by atoms with van der Waals surface area (Å²) >= 11 is 0. The second-order valence-corrected chi connectivity index (χ2v) is 5.08. The van der Waals surface area contributed by atoms with Crippen LogP contribution in [0.25, 0.3) is 0 Å². The number of hydrogen-bond donors (Lipinski definition) is 3. The van der Waals surface area contributed by atoms with Crippen LogP contribution in [-0.2, 0) is 4.79 Å². The summed E-state index contributed by atoms with van der Waals surface area (Å²) in [5.74, 6) is -0.111. The topological polar surface area (TPSA) is 78.4 Å². The van der Waals surface area contributed by atoms with E-state index in [4.69, 9.17) is 0 Å². The molecule has 1 saturated heterocycles. The van der Waals surface area contributed by atoms with Crippen LogP contribution in [0, 0.1) is 5.92 Å². The zero-order valence-electron chi connectivity index (χ0n) is 11.7. The van der Waals surface area contributed by atoms with Crippen molar-refractivity contribution in [3.8, 4) is 0 Å². The fourth-order valence-electron chi connectivity index (χ4n) is 2.26. The molecule has 1 aliphatic heterocycles. The molecule has 1 aliphatic rings. The minimum absolute atomic E-state index is 0. The molecule has 1 heterocycles. The Morgan fingerprint density at radius 1 is 1.19 bits per heavy atom. The van der Waals surface area contributed by atoms with Crippen molar-refractivity contribution in [2.24, 2.45) is 5.92 Å². The summed E-state index contributed by atoms with van der Waals surface area (Å²) in [5.41, 5.74) is 0.635. The van der Waals surface area contributed by atoms with Crippen LogP contribution in [0.3, 0.4) is 0 Å². The monoisotopic (exact) mass is 312 g/mol. The van der Waals surface area contributed by atoms with Crippen molar-refractivity contribution < 1.29 is 14.7 Å². The van der Waals surface area contributed by atoms with Gasteiger partial charge in [-0.3, -0.25) is 9.59 Å². The number of carbonyl (C=O) groups is 2. The van der Waals surface area contributed by atoms with E-state index in [9.17, 15) is 14.7 Å². The highest BCUT2D eigenvalue weighted by molar-refractivity contribution is 5.97. The predicted molar refractivity (Wildman–Crippen MR) is 82.6 cm³/mol. The first-order chi connectivity index (χ1) is 9.66. The Bertz CT molecular complexity index is 467. The molecule has 1 aromatic rings. The quantitative estimate of drug-likeness (QED) is 0.678. The van der Waals surface area contributed by atoms with Gasteiger partial charge in [0.2, 0.25) is 5.91 Å². The Morgan fingerprint density at radius 3 is 2.52 bits per heavy atom. The third-order valence-corrected chi connectivity index (χ3v) is 3.54. The summed E-state index contributed by atoms with van der Waals surface area (Å²) in [6, 6.07) is 8.97. The standard InChI is InChI=1S/C15H20N2O3.ClH/c18-13(11-4-2-1-3-5-11)6-7-15(20)17-9-12-8-16-10-14(12)19;/h1-5,12,14,16,19H,6-10H2,(H,17,20);1H. The van der Waals surface area contributed by atoms with Crippen molar-refractivity contribution in [1.82, 2.24) is 10.6 Å². The summed E-state index contributed by atoms with van der Waals surface area (Å²) in [7, 11) is 0. The summed E-state index contributed by atoms with van der Waals surface area (Å²) in [4.78, 5) is 23.5. The van der Waals surface area contributed by atoms with Crippen LogP contribution in [0.5, 0.6) is 0 Å². The van der Waals surface area contributed by atoms with Crippen molar-refractivity contribution in [3.63, 3.8) is 0 Å². The van der Waals surface area contributed by atoms with Crippen molar-refractivity contribution in [3.05, 3.63) is 35.9 Å². The van der Waals surface area contributed by atoms with Crippen LogP contribution in [0.15, 0.2) is 30.3 Å². The molecule has 2 unspecified atom stereocenters. The van der Waals surface area contributed by atoms with Gasteiger partial charge < -0.3 is 15.7 Å². The summed E-state index contributed by atoms with van der Waals surface area (Å²) in [6.07, 6.45) is -0.00748. The van der Waals surface area contributed by atoms with Crippen molar-refractivity contribution in [2.75, 3.05) is 19.6 Å². The van der Waals surface area contributed by atoms with Gasteiger partial charge in [-0.15, -0.1) is 12.4 Å².